The molecule has 23 heavy (non-hydrogen) atoms. The summed E-state index contributed by atoms with van der Waals surface area (Å²) in [7, 11) is -0.788. The van der Waals surface area contributed by atoms with Crippen LogP contribution in [0.15, 0.2) is 52.0 Å². The molecule has 0 fully saturated rings. The Morgan fingerprint density at radius 3 is 2.39 bits per heavy atom. The zero-order valence-corrected chi connectivity index (χ0v) is 14.3. The van der Waals surface area contributed by atoms with Gasteiger partial charge in [0.2, 0.25) is 15.9 Å². The number of carbonyl (C=O) groups excluding carboxylic acids is 1. The van der Waals surface area contributed by atoms with E-state index in [1.165, 1.54) is 42.5 Å². The van der Waals surface area contributed by atoms with Crippen LogP contribution in [-0.2, 0) is 21.4 Å². The topological polar surface area (TPSA) is 70.8 Å². The third-order valence-corrected chi connectivity index (χ3v) is 5.35. The van der Waals surface area contributed by atoms with Crippen LogP contribution in [0.4, 0.5) is 0 Å². The van der Waals surface area contributed by atoms with Crippen molar-refractivity contribution in [2.45, 2.75) is 11.4 Å². The largest absolute Gasteiger partial charge is 0.467 e. The fourth-order valence-electron chi connectivity index (χ4n) is 1.91. The molecule has 0 saturated carbocycles. The summed E-state index contributed by atoms with van der Waals surface area (Å²) >= 11 is 5.76. The normalized spacial score (nSPS) is 11.7. The first-order valence-electron chi connectivity index (χ1n) is 6.79. The van der Waals surface area contributed by atoms with Crippen LogP contribution in [0.2, 0.25) is 5.02 Å². The maximum absolute atomic E-state index is 12.4. The molecular formula is C15H17ClN2O4S. The highest BCUT2D eigenvalue weighted by molar-refractivity contribution is 7.89. The Balaban J connectivity index is 2.03. The molecule has 0 N–H and O–H groups in total. The van der Waals surface area contributed by atoms with Gasteiger partial charge in [0.05, 0.1) is 24.2 Å². The first-order valence-corrected chi connectivity index (χ1v) is 8.61. The first kappa shape index (κ1) is 17.5. The van der Waals surface area contributed by atoms with Gasteiger partial charge in [-0.3, -0.25) is 4.79 Å². The number of nitrogens with zero attached hydrogens (tertiary/aromatic N) is 2. The number of furan rings is 1. The minimum Gasteiger partial charge on any atom is -0.467 e. The summed E-state index contributed by atoms with van der Waals surface area (Å²) in [5.74, 6) is 0.297. The fourth-order valence-corrected chi connectivity index (χ4v) is 3.15. The van der Waals surface area contributed by atoms with Crippen molar-refractivity contribution in [3.63, 3.8) is 0 Å². The minimum atomic E-state index is -3.74. The van der Waals surface area contributed by atoms with E-state index in [1.807, 2.05) is 0 Å². The summed E-state index contributed by atoms with van der Waals surface area (Å²) in [6.07, 6.45) is 1.52. The van der Waals surface area contributed by atoms with Crippen molar-refractivity contribution >= 4 is 27.5 Å². The van der Waals surface area contributed by atoms with E-state index in [1.54, 1.807) is 19.2 Å². The number of rotatable bonds is 6. The Morgan fingerprint density at radius 1 is 1.17 bits per heavy atom. The lowest BCUT2D eigenvalue weighted by molar-refractivity contribution is -0.130. The smallest absolute Gasteiger partial charge is 0.243 e. The van der Waals surface area contributed by atoms with E-state index in [0.717, 1.165) is 4.31 Å². The van der Waals surface area contributed by atoms with Crippen LogP contribution in [-0.4, -0.2) is 44.2 Å². The number of hydrogen-bond acceptors (Lipinski definition) is 4. The average Bonchev–Trinajstić information content (AvgIpc) is 3.00. The van der Waals surface area contributed by atoms with E-state index in [9.17, 15) is 13.2 Å². The molecule has 0 spiro atoms. The summed E-state index contributed by atoms with van der Waals surface area (Å²) in [6, 6.07) is 9.28. The first-order chi connectivity index (χ1) is 10.8. The van der Waals surface area contributed by atoms with Crippen molar-refractivity contribution in [3.8, 4) is 0 Å². The van der Waals surface area contributed by atoms with Gasteiger partial charge in [-0.1, -0.05) is 11.6 Å². The molecule has 124 valence electrons. The highest BCUT2D eigenvalue weighted by Gasteiger charge is 2.24. The van der Waals surface area contributed by atoms with Crippen molar-refractivity contribution in [1.29, 1.82) is 0 Å². The third kappa shape index (κ3) is 4.34. The molecule has 6 nitrogen and oxygen atoms in total. The summed E-state index contributed by atoms with van der Waals surface area (Å²) in [4.78, 5) is 13.7. The van der Waals surface area contributed by atoms with Crippen LogP contribution in [0.25, 0.3) is 0 Å². The number of hydrogen-bond donors (Lipinski definition) is 0. The molecule has 2 aromatic rings. The van der Waals surface area contributed by atoms with Crippen LogP contribution in [0.5, 0.6) is 0 Å². The van der Waals surface area contributed by atoms with Crippen molar-refractivity contribution in [3.05, 3.63) is 53.4 Å². The van der Waals surface area contributed by atoms with E-state index in [0.29, 0.717) is 10.8 Å². The Bertz CT molecular complexity index is 757. The third-order valence-electron chi connectivity index (χ3n) is 3.28. The molecule has 0 aliphatic rings. The second-order valence-electron chi connectivity index (χ2n) is 5.04. The van der Waals surface area contributed by atoms with Crippen LogP contribution in [0.1, 0.15) is 5.76 Å². The monoisotopic (exact) mass is 356 g/mol. The van der Waals surface area contributed by atoms with Crippen molar-refractivity contribution in [2.24, 2.45) is 0 Å². The maximum atomic E-state index is 12.4. The zero-order valence-electron chi connectivity index (χ0n) is 12.8. The molecule has 1 amide bonds. The van der Waals surface area contributed by atoms with Crippen molar-refractivity contribution < 1.29 is 17.6 Å². The second kappa shape index (κ2) is 7.16. The lowest BCUT2D eigenvalue weighted by Crippen LogP contribution is -2.39. The minimum absolute atomic E-state index is 0.0888. The van der Waals surface area contributed by atoms with Gasteiger partial charge in [0.25, 0.3) is 0 Å². The maximum Gasteiger partial charge on any atom is 0.243 e. The fraction of sp³-hybridized carbons (Fsp3) is 0.267. The van der Waals surface area contributed by atoms with Crippen LogP contribution < -0.4 is 0 Å². The molecule has 0 unspecified atom stereocenters. The quantitative estimate of drug-likeness (QED) is 0.795. The molecule has 0 radical (unpaired) electrons. The molecule has 1 aromatic carbocycles. The van der Waals surface area contributed by atoms with E-state index < -0.39 is 10.0 Å². The van der Waals surface area contributed by atoms with Crippen molar-refractivity contribution in [1.82, 2.24) is 9.21 Å². The second-order valence-corrected chi connectivity index (χ2v) is 7.53. The molecular weight excluding hydrogens is 340 g/mol. The van der Waals surface area contributed by atoms with Gasteiger partial charge < -0.3 is 9.32 Å². The van der Waals surface area contributed by atoms with Crippen LogP contribution >= 0.6 is 11.6 Å². The van der Waals surface area contributed by atoms with E-state index in [-0.39, 0.29) is 23.9 Å². The molecule has 2 rings (SSSR count). The highest BCUT2D eigenvalue weighted by atomic mass is 35.5. The Kier molecular flexibility index (Phi) is 5.46. The summed E-state index contributed by atoms with van der Waals surface area (Å²) in [5.41, 5.74) is 0. The Morgan fingerprint density at radius 2 is 1.83 bits per heavy atom. The molecule has 8 heteroatoms. The molecule has 1 aromatic heterocycles. The Labute approximate surface area is 140 Å². The van der Waals surface area contributed by atoms with Crippen molar-refractivity contribution in [2.75, 3.05) is 20.6 Å². The van der Waals surface area contributed by atoms with E-state index in [4.69, 9.17) is 16.0 Å². The predicted molar refractivity (Wildman–Crippen MR) is 86.4 cm³/mol. The lowest BCUT2D eigenvalue weighted by atomic mass is 10.4. The van der Waals surface area contributed by atoms with E-state index in [2.05, 4.69) is 0 Å². The molecule has 1 heterocycles. The van der Waals surface area contributed by atoms with Gasteiger partial charge in [-0.15, -0.1) is 0 Å². The molecule has 0 atom stereocenters. The number of halogens is 1. The summed E-state index contributed by atoms with van der Waals surface area (Å²) in [5, 5.41) is 0.445. The SMILES string of the molecule is CN(Cc1ccco1)C(=O)CN(C)S(=O)(=O)c1ccc(Cl)cc1. The van der Waals surface area contributed by atoms with Gasteiger partial charge in [-0.05, 0) is 36.4 Å². The van der Waals surface area contributed by atoms with Gasteiger partial charge in [0.1, 0.15) is 5.76 Å². The van der Waals surface area contributed by atoms with E-state index >= 15 is 0 Å². The Hall–Kier alpha value is -1.83. The van der Waals surface area contributed by atoms with Gasteiger partial charge in [0.15, 0.2) is 0 Å². The molecule has 0 aliphatic heterocycles. The van der Waals surface area contributed by atoms with Gasteiger partial charge in [-0.2, -0.15) is 4.31 Å². The van der Waals surface area contributed by atoms with Gasteiger partial charge in [0, 0.05) is 19.1 Å². The summed E-state index contributed by atoms with van der Waals surface area (Å²) < 4.78 is 31.0. The van der Waals surface area contributed by atoms with Crippen LogP contribution in [0, 0.1) is 0 Å². The zero-order chi connectivity index (χ0) is 17.0. The molecule has 0 bridgehead atoms. The lowest BCUT2D eigenvalue weighted by Gasteiger charge is -2.21. The summed E-state index contributed by atoms with van der Waals surface area (Å²) in [6.45, 7) is 0.0167. The number of benzene rings is 1. The van der Waals surface area contributed by atoms with Crippen LogP contribution in [0.3, 0.4) is 0 Å². The standard InChI is InChI=1S/C15H17ClN2O4S/c1-17(10-13-4-3-9-22-13)15(19)11-18(2)23(20,21)14-7-5-12(16)6-8-14/h3-9H,10-11H2,1-2H3. The number of carbonyl (C=O) groups is 1. The van der Waals surface area contributed by atoms with Gasteiger partial charge in [-0.25, -0.2) is 8.42 Å². The molecule has 0 saturated heterocycles. The number of amides is 1. The number of likely N-dealkylation sites (N-methyl/N-ethyl adjacent to an activating group) is 2. The highest BCUT2D eigenvalue weighted by Crippen LogP contribution is 2.17. The predicted octanol–water partition coefficient (Wildman–Crippen LogP) is 2.21. The number of sulfonamides is 1. The van der Waals surface area contributed by atoms with Gasteiger partial charge >= 0.3 is 0 Å². The molecule has 0 aliphatic carbocycles. The average molecular weight is 357 g/mol.